The Morgan fingerprint density at radius 1 is 1.12 bits per heavy atom. The molecule has 134 valence electrons. The Hall–Kier alpha value is -2.65. The van der Waals surface area contributed by atoms with Crippen molar-refractivity contribution < 1.29 is 14.0 Å². The second kappa shape index (κ2) is 8.15. The number of hydrogen-bond donors (Lipinski definition) is 2. The Morgan fingerprint density at radius 2 is 1.81 bits per heavy atom. The maximum atomic E-state index is 12.3. The third kappa shape index (κ3) is 4.70. The average molecular weight is 388 g/mol. The average Bonchev–Trinajstić information content (AvgIpc) is 3.27. The molecule has 2 aromatic heterocycles. The fraction of sp³-hybridized carbons (Fsp3) is 0.176. The molecule has 26 heavy (non-hydrogen) atoms. The van der Waals surface area contributed by atoms with Crippen molar-refractivity contribution in [3.8, 4) is 10.8 Å². The van der Waals surface area contributed by atoms with Gasteiger partial charge in [-0.3, -0.25) is 9.59 Å². The smallest absolute Gasteiger partial charge is 0.277 e. The van der Waals surface area contributed by atoms with Gasteiger partial charge in [-0.1, -0.05) is 17.8 Å². The first-order valence-electron chi connectivity index (χ1n) is 7.74. The Morgan fingerprint density at radius 3 is 2.42 bits per heavy atom. The molecule has 9 heteroatoms. The number of amides is 2. The number of aromatic nitrogens is 2. The number of thioether (sulfide) groups is 1. The van der Waals surface area contributed by atoms with Crippen molar-refractivity contribution in [3.05, 3.63) is 41.8 Å². The zero-order valence-corrected chi connectivity index (χ0v) is 15.7. The minimum Gasteiger partial charge on any atom is -0.410 e. The topological polar surface area (TPSA) is 97.1 Å². The van der Waals surface area contributed by atoms with E-state index >= 15 is 0 Å². The van der Waals surface area contributed by atoms with E-state index in [4.69, 9.17) is 4.42 Å². The summed E-state index contributed by atoms with van der Waals surface area (Å²) in [6.45, 7) is 3.21. The molecule has 0 fully saturated rings. The molecule has 2 amide bonds. The molecule has 0 saturated carbocycles. The largest absolute Gasteiger partial charge is 0.410 e. The van der Waals surface area contributed by atoms with Gasteiger partial charge >= 0.3 is 0 Å². The van der Waals surface area contributed by atoms with Crippen molar-refractivity contribution in [2.75, 3.05) is 10.6 Å². The third-order valence-corrected chi connectivity index (χ3v) is 5.05. The molecule has 0 bridgehead atoms. The van der Waals surface area contributed by atoms with Crippen LogP contribution in [0.15, 0.2) is 51.4 Å². The molecule has 1 atom stereocenters. The molecule has 7 nitrogen and oxygen atoms in total. The van der Waals surface area contributed by atoms with E-state index in [1.807, 2.05) is 17.5 Å². The summed E-state index contributed by atoms with van der Waals surface area (Å²) in [5, 5.41) is 15.3. The molecule has 0 aliphatic rings. The first-order valence-corrected chi connectivity index (χ1v) is 9.50. The van der Waals surface area contributed by atoms with Crippen molar-refractivity contribution in [3.63, 3.8) is 0 Å². The highest BCUT2D eigenvalue weighted by molar-refractivity contribution is 8.00. The number of nitrogens with zero attached hydrogens (tertiary/aromatic N) is 2. The summed E-state index contributed by atoms with van der Waals surface area (Å²) in [7, 11) is 0. The van der Waals surface area contributed by atoms with Crippen LogP contribution in [0.25, 0.3) is 10.8 Å². The van der Waals surface area contributed by atoms with E-state index < -0.39 is 5.25 Å². The Bertz CT molecular complexity index is 891. The second-order valence-corrected chi connectivity index (χ2v) is 7.60. The summed E-state index contributed by atoms with van der Waals surface area (Å²) in [5.74, 6) is 0.120. The first kappa shape index (κ1) is 18.2. The number of anilines is 2. The molecule has 1 aromatic carbocycles. The number of carbonyl (C=O) groups is 2. The fourth-order valence-corrected chi connectivity index (χ4v) is 3.37. The molecule has 0 aliphatic heterocycles. The van der Waals surface area contributed by atoms with E-state index in [9.17, 15) is 9.59 Å². The molecular weight excluding hydrogens is 372 g/mol. The maximum absolute atomic E-state index is 12.3. The summed E-state index contributed by atoms with van der Waals surface area (Å²) in [4.78, 5) is 24.2. The maximum Gasteiger partial charge on any atom is 0.277 e. The van der Waals surface area contributed by atoms with Crippen LogP contribution < -0.4 is 10.6 Å². The summed E-state index contributed by atoms with van der Waals surface area (Å²) < 4.78 is 5.58. The zero-order chi connectivity index (χ0) is 18.5. The summed E-state index contributed by atoms with van der Waals surface area (Å²) in [6, 6.07) is 10.7. The minimum absolute atomic E-state index is 0.145. The van der Waals surface area contributed by atoms with Gasteiger partial charge in [0.05, 0.1) is 10.1 Å². The van der Waals surface area contributed by atoms with Gasteiger partial charge in [0.15, 0.2) is 0 Å². The lowest BCUT2D eigenvalue weighted by Crippen LogP contribution is -2.22. The highest BCUT2D eigenvalue weighted by Crippen LogP contribution is 2.28. The highest BCUT2D eigenvalue weighted by atomic mass is 32.2. The molecule has 2 heterocycles. The molecular formula is C17H16N4O3S2. The summed E-state index contributed by atoms with van der Waals surface area (Å²) in [6.07, 6.45) is 0. The molecule has 2 N–H and O–H groups in total. The standard InChI is InChI=1S/C17H16N4O3S2/c1-10(26-17-21-20-16(24-17)14-4-3-9-25-14)15(23)19-13-7-5-12(6-8-13)18-11(2)22/h3-10H,1-2H3,(H,18,22)(H,19,23)/t10-/m0/s1. The van der Waals surface area contributed by atoms with Crippen LogP contribution in [0.3, 0.4) is 0 Å². The molecule has 0 radical (unpaired) electrons. The van der Waals surface area contributed by atoms with Crippen LogP contribution in [0.1, 0.15) is 13.8 Å². The third-order valence-electron chi connectivity index (χ3n) is 3.26. The van der Waals surface area contributed by atoms with E-state index in [0.717, 1.165) is 4.88 Å². The van der Waals surface area contributed by atoms with Gasteiger partial charge in [0, 0.05) is 18.3 Å². The number of rotatable bonds is 6. The van der Waals surface area contributed by atoms with Crippen LogP contribution in [0, 0.1) is 0 Å². The first-order chi connectivity index (χ1) is 12.5. The van der Waals surface area contributed by atoms with E-state index in [1.165, 1.54) is 30.0 Å². The number of nitrogens with one attached hydrogen (secondary N) is 2. The van der Waals surface area contributed by atoms with E-state index in [1.54, 1.807) is 31.2 Å². The number of carbonyl (C=O) groups excluding carboxylic acids is 2. The van der Waals surface area contributed by atoms with Crippen LogP contribution in [0.5, 0.6) is 0 Å². The van der Waals surface area contributed by atoms with E-state index in [2.05, 4.69) is 20.8 Å². The quantitative estimate of drug-likeness (QED) is 0.622. The summed E-state index contributed by atoms with van der Waals surface area (Å²) in [5.41, 5.74) is 1.31. The van der Waals surface area contributed by atoms with E-state index in [-0.39, 0.29) is 11.8 Å². The monoisotopic (exact) mass is 388 g/mol. The van der Waals surface area contributed by atoms with Gasteiger partial charge in [0.1, 0.15) is 0 Å². The van der Waals surface area contributed by atoms with Crippen molar-refractivity contribution in [1.29, 1.82) is 0 Å². The molecule has 3 aromatic rings. The van der Waals surface area contributed by atoms with Crippen LogP contribution in [-0.2, 0) is 9.59 Å². The van der Waals surface area contributed by atoms with Crippen LogP contribution in [0.4, 0.5) is 11.4 Å². The van der Waals surface area contributed by atoms with Crippen molar-refractivity contribution in [1.82, 2.24) is 10.2 Å². The number of thiophene rings is 1. The Kier molecular flexibility index (Phi) is 5.69. The Labute approximate surface area is 158 Å². The predicted molar refractivity (Wildman–Crippen MR) is 102 cm³/mol. The van der Waals surface area contributed by atoms with Gasteiger partial charge in [-0.25, -0.2) is 0 Å². The molecule has 0 unspecified atom stereocenters. The van der Waals surface area contributed by atoms with Gasteiger partial charge in [-0.15, -0.1) is 21.5 Å². The lowest BCUT2D eigenvalue weighted by atomic mass is 10.2. The van der Waals surface area contributed by atoms with Gasteiger partial charge in [0.25, 0.3) is 11.1 Å². The van der Waals surface area contributed by atoms with Crippen LogP contribution in [-0.4, -0.2) is 27.3 Å². The molecule has 3 rings (SSSR count). The van der Waals surface area contributed by atoms with Crippen molar-refractivity contribution >= 4 is 46.3 Å². The fourth-order valence-electron chi connectivity index (χ4n) is 2.05. The second-order valence-electron chi connectivity index (χ2n) is 5.36. The van der Waals surface area contributed by atoms with Gasteiger partial charge < -0.3 is 15.1 Å². The normalized spacial score (nSPS) is 11.8. The van der Waals surface area contributed by atoms with Crippen molar-refractivity contribution in [2.45, 2.75) is 24.3 Å². The number of hydrogen-bond acceptors (Lipinski definition) is 7. The highest BCUT2D eigenvalue weighted by Gasteiger charge is 2.19. The minimum atomic E-state index is -0.415. The molecule has 0 saturated heterocycles. The SMILES string of the molecule is CC(=O)Nc1ccc(NC(=O)[C@H](C)Sc2nnc(-c3cccs3)o2)cc1. The summed E-state index contributed by atoms with van der Waals surface area (Å²) >= 11 is 2.71. The lowest BCUT2D eigenvalue weighted by Gasteiger charge is -2.10. The van der Waals surface area contributed by atoms with Crippen molar-refractivity contribution in [2.24, 2.45) is 0 Å². The van der Waals surface area contributed by atoms with Gasteiger partial charge in [-0.2, -0.15) is 0 Å². The zero-order valence-electron chi connectivity index (χ0n) is 14.1. The van der Waals surface area contributed by atoms with Crippen LogP contribution in [0.2, 0.25) is 0 Å². The van der Waals surface area contributed by atoms with Gasteiger partial charge in [0.2, 0.25) is 11.8 Å². The molecule has 0 aliphatic carbocycles. The van der Waals surface area contributed by atoms with Crippen LogP contribution >= 0.6 is 23.1 Å². The molecule has 0 spiro atoms. The lowest BCUT2D eigenvalue weighted by molar-refractivity contribution is -0.115. The number of benzene rings is 1. The van der Waals surface area contributed by atoms with E-state index in [0.29, 0.717) is 22.5 Å². The Balaban J connectivity index is 1.57. The predicted octanol–water partition coefficient (Wildman–Crippen LogP) is 3.88. The van der Waals surface area contributed by atoms with Gasteiger partial charge in [-0.05, 0) is 42.6 Å².